The van der Waals surface area contributed by atoms with E-state index in [9.17, 15) is 14.7 Å². The summed E-state index contributed by atoms with van der Waals surface area (Å²) in [5.41, 5.74) is 4.19. The predicted octanol–water partition coefficient (Wildman–Crippen LogP) is 3.60. The fourth-order valence-electron chi connectivity index (χ4n) is 3.45. The average molecular weight is 317 g/mol. The van der Waals surface area contributed by atoms with Crippen molar-refractivity contribution in [3.8, 4) is 0 Å². The Bertz CT molecular complexity index is 896. The van der Waals surface area contributed by atoms with Crippen LogP contribution in [0.1, 0.15) is 45.7 Å². The molecule has 1 aromatic heterocycles. The van der Waals surface area contributed by atoms with Crippen molar-refractivity contribution >= 4 is 28.6 Å². The Kier molecular flexibility index (Phi) is 3.36. The van der Waals surface area contributed by atoms with Crippen molar-refractivity contribution in [2.75, 3.05) is 5.75 Å². The molecule has 4 nitrogen and oxygen atoms in total. The van der Waals surface area contributed by atoms with Gasteiger partial charge in [0.15, 0.2) is 0 Å². The Morgan fingerprint density at radius 2 is 1.82 bits per heavy atom. The number of thioether (sulfide) groups is 1. The number of carboxylic acid groups (broad SMARTS) is 1. The average Bonchev–Trinajstić information content (AvgIpc) is 2.44. The van der Waals surface area contributed by atoms with Gasteiger partial charge in [-0.3, -0.25) is 4.79 Å². The van der Waals surface area contributed by atoms with Crippen molar-refractivity contribution in [3.05, 3.63) is 38.2 Å². The van der Waals surface area contributed by atoms with Crippen LogP contribution in [0.4, 0.5) is 0 Å². The Morgan fingerprint density at radius 1 is 1.18 bits per heavy atom. The zero-order valence-electron chi connectivity index (χ0n) is 13.4. The van der Waals surface area contributed by atoms with E-state index in [4.69, 9.17) is 0 Å². The molecule has 1 N–H and O–H groups in total. The van der Waals surface area contributed by atoms with Gasteiger partial charge in [-0.2, -0.15) is 0 Å². The van der Waals surface area contributed by atoms with E-state index >= 15 is 0 Å². The molecule has 2 heterocycles. The van der Waals surface area contributed by atoms with E-state index in [0.29, 0.717) is 11.1 Å². The summed E-state index contributed by atoms with van der Waals surface area (Å²) in [7, 11) is 0. The molecule has 3 rings (SSSR count). The first-order valence-corrected chi connectivity index (χ1v) is 8.30. The maximum absolute atomic E-state index is 12.8. The van der Waals surface area contributed by atoms with Crippen LogP contribution in [0, 0.1) is 27.7 Å². The zero-order chi connectivity index (χ0) is 16.3. The molecule has 1 atom stereocenters. The molecule has 5 heteroatoms. The fraction of sp³-hybridized carbons (Fsp3) is 0.412. The van der Waals surface area contributed by atoms with Gasteiger partial charge in [0.25, 0.3) is 0 Å². The molecule has 116 valence electrons. The van der Waals surface area contributed by atoms with Crippen LogP contribution in [0.5, 0.6) is 0 Å². The largest absolute Gasteiger partial charge is 0.477 e. The highest BCUT2D eigenvalue weighted by atomic mass is 32.2. The topological polar surface area (TPSA) is 59.3 Å². The van der Waals surface area contributed by atoms with Crippen LogP contribution in [0.15, 0.2) is 9.69 Å². The number of hydrogen-bond acceptors (Lipinski definition) is 3. The van der Waals surface area contributed by atoms with E-state index < -0.39 is 5.97 Å². The molecule has 0 saturated heterocycles. The Morgan fingerprint density at radius 3 is 2.41 bits per heavy atom. The minimum absolute atomic E-state index is 0.0939. The first-order valence-electron chi connectivity index (χ1n) is 7.32. The van der Waals surface area contributed by atoms with Crippen LogP contribution in [-0.2, 0) is 0 Å². The van der Waals surface area contributed by atoms with Crippen molar-refractivity contribution in [3.63, 3.8) is 0 Å². The van der Waals surface area contributed by atoms with Gasteiger partial charge >= 0.3 is 5.97 Å². The molecule has 1 aromatic carbocycles. The second-order valence-corrected chi connectivity index (χ2v) is 7.08. The van der Waals surface area contributed by atoms with Crippen LogP contribution in [-0.4, -0.2) is 21.4 Å². The molecular formula is C17H19NO3S. The van der Waals surface area contributed by atoms with E-state index in [1.54, 1.807) is 18.7 Å². The van der Waals surface area contributed by atoms with Gasteiger partial charge in [-0.15, -0.1) is 11.8 Å². The van der Waals surface area contributed by atoms with E-state index in [0.717, 1.165) is 27.3 Å². The highest BCUT2D eigenvalue weighted by Crippen LogP contribution is 2.41. The van der Waals surface area contributed by atoms with E-state index in [1.807, 2.05) is 18.4 Å². The summed E-state index contributed by atoms with van der Waals surface area (Å²) < 4.78 is 2.05. The van der Waals surface area contributed by atoms with Crippen LogP contribution in [0.3, 0.4) is 0 Å². The molecule has 0 fully saturated rings. The van der Waals surface area contributed by atoms with Gasteiger partial charge in [0.05, 0.1) is 10.9 Å². The van der Waals surface area contributed by atoms with Gasteiger partial charge in [0.1, 0.15) is 5.56 Å². The number of aryl methyl sites for hydroxylation is 1. The molecule has 0 radical (unpaired) electrons. The summed E-state index contributed by atoms with van der Waals surface area (Å²) in [6.45, 7) is 9.81. The molecule has 0 saturated carbocycles. The lowest BCUT2D eigenvalue weighted by atomic mass is 9.95. The normalized spacial score (nSPS) is 17.0. The maximum Gasteiger partial charge on any atom is 0.341 e. The van der Waals surface area contributed by atoms with E-state index in [2.05, 4.69) is 13.8 Å². The van der Waals surface area contributed by atoms with E-state index in [1.165, 1.54) is 5.56 Å². The highest BCUT2D eigenvalue weighted by molar-refractivity contribution is 7.99. The number of rotatable bonds is 1. The van der Waals surface area contributed by atoms with E-state index in [-0.39, 0.29) is 17.0 Å². The molecule has 0 spiro atoms. The van der Waals surface area contributed by atoms with Crippen LogP contribution in [0.25, 0.3) is 10.9 Å². The summed E-state index contributed by atoms with van der Waals surface area (Å²) in [5.74, 6) is -0.258. The van der Waals surface area contributed by atoms with Crippen molar-refractivity contribution in [1.29, 1.82) is 0 Å². The third-order valence-corrected chi connectivity index (χ3v) is 6.27. The quantitative estimate of drug-likeness (QED) is 0.873. The van der Waals surface area contributed by atoms with Gasteiger partial charge < -0.3 is 9.67 Å². The molecule has 1 aliphatic heterocycles. The highest BCUT2D eigenvalue weighted by Gasteiger charge is 2.29. The van der Waals surface area contributed by atoms with Crippen LogP contribution in [0.2, 0.25) is 0 Å². The molecule has 2 aromatic rings. The summed E-state index contributed by atoms with van der Waals surface area (Å²) >= 11 is 1.76. The summed E-state index contributed by atoms with van der Waals surface area (Å²) in [5, 5.41) is 10.1. The number of aromatic nitrogens is 1. The van der Waals surface area contributed by atoms with Crippen molar-refractivity contribution in [2.45, 2.75) is 45.6 Å². The van der Waals surface area contributed by atoms with Crippen molar-refractivity contribution in [2.24, 2.45) is 0 Å². The fourth-order valence-corrected chi connectivity index (χ4v) is 4.71. The Hall–Kier alpha value is -1.75. The Balaban J connectivity index is 2.71. The lowest BCUT2D eigenvalue weighted by Crippen LogP contribution is -2.28. The van der Waals surface area contributed by atoms with Crippen LogP contribution < -0.4 is 5.43 Å². The third kappa shape index (κ3) is 1.78. The number of nitrogens with zero attached hydrogens (tertiary/aromatic N) is 1. The lowest BCUT2D eigenvalue weighted by molar-refractivity contribution is 0.0694. The monoisotopic (exact) mass is 317 g/mol. The summed E-state index contributed by atoms with van der Waals surface area (Å²) in [6, 6.07) is 0.167. The standard InChI is InChI=1S/C17H19NO3S/c1-7-6-22-16-10(4)8(2)9(3)12-14(16)18(7)11(5)13(15(12)19)17(20)21/h7H,6H2,1-5H3,(H,20,21). The Labute approximate surface area is 133 Å². The number of benzene rings is 1. The number of hydrogen-bond donors (Lipinski definition) is 1. The van der Waals surface area contributed by atoms with Gasteiger partial charge in [-0.05, 0) is 51.3 Å². The number of pyridine rings is 1. The molecule has 1 unspecified atom stereocenters. The smallest absolute Gasteiger partial charge is 0.341 e. The summed E-state index contributed by atoms with van der Waals surface area (Å²) in [6.07, 6.45) is 0. The SMILES string of the molecule is Cc1c(C)c2c3c(c1C)c(=O)c(C(=O)O)c(C)n3C(C)CS2. The number of carbonyl (C=O) groups is 1. The second-order valence-electron chi connectivity index (χ2n) is 6.05. The maximum atomic E-state index is 12.8. The molecule has 22 heavy (non-hydrogen) atoms. The second kappa shape index (κ2) is 4.88. The van der Waals surface area contributed by atoms with Gasteiger partial charge in [-0.1, -0.05) is 0 Å². The third-order valence-electron chi connectivity index (χ3n) is 4.83. The predicted molar refractivity (Wildman–Crippen MR) is 89.6 cm³/mol. The van der Waals surface area contributed by atoms with Gasteiger partial charge in [-0.25, -0.2) is 4.79 Å². The molecule has 1 aliphatic rings. The van der Waals surface area contributed by atoms with Gasteiger partial charge in [0, 0.05) is 22.4 Å². The first-order chi connectivity index (χ1) is 10.3. The molecule has 0 amide bonds. The number of aromatic carboxylic acids is 1. The molecular weight excluding hydrogens is 298 g/mol. The minimum Gasteiger partial charge on any atom is -0.477 e. The molecule has 0 aliphatic carbocycles. The van der Waals surface area contributed by atoms with Crippen molar-refractivity contribution < 1.29 is 9.90 Å². The van der Waals surface area contributed by atoms with Crippen molar-refractivity contribution in [1.82, 2.24) is 4.57 Å². The summed E-state index contributed by atoms with van der Waals surface area (Å²) in [4.78, 5) is 25.6. The first kappa shape index (κ1) is 15.2. The lowest BCUT2D eigenvalue weighted by Gasteiger charge is -2.31. The number of carboxylic acids is 1. The zero-order valence-corrected chi connectivity index (χ0v) is 14.2. The van der Waals surface area contributed by atoms with Crippen LogP contribution >= 0.6 is 11.8 Å². The molecule has 0 bridgehead atoms. The van der Waals surface area contributed by atoms with Gasteiger partial charge in [0.2, 0.25) is 5.43 Å². The minimum atomic E-state index is -1.14.